The predicted octanol–water partition coefficient (Wildman–Crippen LogP) is 3.22. The van der Waals surface area contributed by atoms with Crippen molar-refractivity contribution in [2.45, 2.75) is 38.1 Å². The van der Waals surface area contributed by atoms with E-state index in [1.165, 1.54) is 39.2 Å². The van der Waals surface area contributed by atoms with Crippen LogP contribution in [0.1, 0.15) is 42.5 Å². The minimum absolute atomic E-state index is 0.274. The monoisotopic (exact) mass is 233 g/mol. The molecule has 1 aromatic rings. The molecular weight excluding hydrogens is 214 g/mol. The average Bonchev–Trinajstić information content (AvgIpc) is 2.40. The third-order valence-corrected chi connectivity index (χ3v) is 3.30. The van der Waals surface area contributed by atoms with Gasteiger partial charge in [0, 0.05) is 11.7 Å². The van der Waals surface area contributed by atoms with Crippen molar-refractivity contribution < 1.29 is 9.53 Å². The van der Waals surface area contributed by atoms with Crippen molar-refractivity contribution in [3.63, 3.8) is 0 Å². The zero-order valence-electron chi connectivity index (χ0n) is 10.2. The number of benzene rings is 1. The summed E-state index contributed by atoms with van der Waals surface area (Å²) in [7, 11) is 1.42. The number of rotatable bonds is 3. The maximum absolute atomic E-state index is 11.6. The largest absolute Gasteiger partial charge is 0.465 e. The quantitative estimate of drug-likeness (QED) is 0.815. The van der Waals surface area contributed by atoms with Crippen LogP contribution in [0.2, 0.25) is 0 Å². The van der Waals surface area contributed by atoms with E-state index >= 15 is 0 Å². The summed E-state index contributed by atoms with van der Waals surface area (Å²) >= 11 is 0. The number of ether oxygens (including phenoxy) is 1. The van der Waals surface area contributed by atoms with Crippen LogP contribution in [0.3, 0.4) is 0 Å². The minimum atomic E-state index is -0.274. The second-order valence-electron chi connectivity index (χ2n) is 4.52. The third-order valence-electron chi connectivity index (χ3n) is 3.30. The van der Waals surface area contributed by atoms with Gasteiger partial charge in [0.2, 0.25) is 0 Å². The van der Waals surface area contributed by atoms with Crippen molar-refractivity contribution in [2.75, 3.05) is 12.4 Å². The topological polar surface area (TPSA) is 38.3 Å². The molecule has 1 saturated carbocycles. The fourth-order valence-corrected chi connectivity index (χ4v) is 2.36. The molecule has 0 saturated heterocycles. The molecule has 2 rings (SSSR count). The summed E-state index contributed by atoms with van der Waals surface area (Å²) in [5.74, 6) is -0.274. The number of carbonyl (C=O) groups is 1. The maximum atomic E-state index is 11.6. The Morgan fingerprint density at radius 1 is 1.24 bits per heavy atom. The SMILES string of the molecule is COC(=O)c1ccccc1NC1CCCCC1. The van der Waals surface area contributed by atoms with E-state index < -0.39 is 0 Å². The Labute approximate surface area is 102 Å². The smallest absolute Gasteiger partial charge is 0.339 e. The summed E-state index contributed by atoms with van der Waals surface area (Å²) in [6.45, 7) is 0. The van der Waals surface area contributed by atoms with Gasteiger partial charge in [-0.1, -0.05) is 31.4 Å². The predicted molar refractivity (Wildman–Crippen MR) is 68.3 cm³/mol. The molecule has 1 N–H and O–H groups in total. The van der Waals surface area contributed by atoms with Crippen LogP contribution in [-0.2, 0) is 4.74 Å². The molecule has 0 aliphatic heterocycles. The van der Waals surface area contributed by atoms with Gasteiger partial charge in [0.25, 0.3) is 0 Å². The highest BCUT2D eigenvalue weighted by molar-refractivity contribution is 5.95. The summed E-state index contributed by atoms with van der Waals surface area (Å²) in [4.78, 5) is 11.6. The zero-order valence-corrected chi connectivity index (χ0v) is 10.2. The van der Waals surface area contributed by atoms with E-state index in [1.807, 2.05) is 18.2 Å². The van der Waals surface area contributed by atoms with Gasteiger partial charge in [-0.25, -0.2) is 4.79 Å². The number of esters is 1. The van der Waals surface area contributed by atoms with Crippen LogP contribution in [0.4, 0.5) is 5.69 Å². The summed E-state index contributed by atoms with van der Waals surface area (Å²) in [5, 5.41) is 3.46. The van der Waals surface area contributed by atoms with Crippen LogP contribution in [0, 0.1) is 0 Å². The lowest BCUT2D eigenvalue weighted by atomic mass is 9.95. The van der Waals surface area contributed by atoms with Gasteiger partial charge in [0.05, 0.1) is 12.7 Å². The van der Waals surface area contributed by atoms with Crippen LogP contribution in [0.5, 0.6) is 0 Å². The molecule has 0 heterocycles. The van der Waals surface area contributed by atoms with Crippen molar-refractivity contribution >= 4 is 11.7 Å². The Morgan fingerprint density at radius 3 is 2.65 bits per heavy atom. The Bertz CT molecular complexity index is 384. The lowest BCUT2D eigenvalue weighted by Gasteiger charge is -2.24. The summed E-state index contributed by atoms with van der Waals surface area (Å²) in [6.07, 6.45) is 6.26. The molecule has 3 nitrogen and oxygen atoms in total. The molecule has 0 bridgehead atoms. The summed E-state index contributed by atoms with van der Waals surface area (Å²) < 4.78 is 4.79. The molecule has 0 unspecified atom stereocenters. The second-order valence-corrected chi connectivity index (χ2v) is 4.52. The first-order valence-electron chi connectivity index (χ1n) is 6.25. The standard InChI is InChI=1S/C14H19NO2/c1-17-14(16)12-9-5-6-10-13(12)15-11-7-3-2-4-8-11/h5-6,9-11,15H,2-4,7-8H2,1H3. The molecule has 0 atom stereocenters. The fourth-order valence-electron chi connectivity index (χ4n) is 2.36. The molecular formula is C14H19NO2. The summed E-state index contributed by atoms with van der Waals surface area (Å²) in [6, 6.07) is 8.04. The maximum Gasteiger partial charge on any atom is 0.339 e. The van der Waals surface area contributed by atoms with E-state index in [0.29, 0.717) is 11.6 Å². The zero-order chi connectivity index (χ0) is 12.1. The molecule has 1 aromatic carbocycles. The van der Waals surface area contributed by atoms with Gasteiger partial charge in [-0.05, 0) is 25.0 Å². The van der Waals surface area contributed by atoms with Crippen LogP contribution in [0.25, 0.3) is 0 Å². The van der Waals surface area contributed by atoms with E-state index in [1.54, 1.807) is 6.07 Å². The highest BCUT2D eigenvalue weighted by atomic mass is 16.5. The number of para-hydroxylation sites is 1. The fraction of sp³-hybridized carbons (Fsp3) is 0.500. The molecule has 92 valence electrons. The lowest BCUT2D eigenvalue weighted by molar-refractivity contribution is 0.0602. The van der Waals surface area contributed by atoms with Gasteiger partial charge in [0.15, 0.2) is 0 Å². The van der Waals surface area contributed by atoms with Crippen LogP contribution < -0.4 is 5.32 Å². The van der Waals surface area contributed by atoms with Crippen LogP contribution in [-0.4, -0.2) is 19.1 Å². The molecule has 17 heavy (non-hydrogen) atoms. The Hall–Kier alpha value is -1.51. The second kappa shape index (κ2) is 5.71. The Kier molecular flexibility index (Phi) is 4.02. The molecule has 0 radical (unpaired) electrons. The first kappa shape index (κ1) is 12.0. The number of hydrogen-bond acceptors (Lipinski definition) is 3. The van der Waals surface area contributed by atoms with E-state index in [0.717, 1.165) is 5.69 Å². The molecule has 0 aromatic heterocycles. The molecule has 0 amide bonds. The molecule has 1 aliphatic rings. The van der Waals surface area contributed by atoms with Crippen molar-refractivity contribution in [3.8, 4) is 0 Å². The minimum Gasteiger partial charge on any atom is -0.465 e. The number of anilines is 1. The molecule has 0 spiro atoms. The number of methoxy groups -OCH3 is 1. The number of hydrogen-bond donors (Lipinski definition) is 1. The first-order valence-corrected chi connectivity index (χ1v) is 6.25. The molecule has 3 heteroatoms. The van der Waals surface area contributed by atoms with Crippen molar-refractivity contribution in [3.05, 3.63) is 29.8 Å². The van der Waals surface area contributed by atoms with E-state index in [2.05, 4.69) is 5.32 Å². The van der Waals surface area contributed by atoms with Gasteiger partial charge >= 0.3 is 5.97 Å². The highest BCUT2D eigenvalue weighted by Crippen LogP contribution is 2.24. The third kappa shape index (κ3) is 2.99. The van der Waals surface area contributed by atoms with Crippen LogP contribution in [0.15, 0.2) is 24.3 Å². The molecule has 1 aliphatic carbocycles. The van der Waals surface area contributed by atoms with Gasteiger partial charge in [-0.2, -0.15) is 0 Å². The van der Waals surface area contributed by atoms with Gasteiger partial charge in [-0.15, -0.1) is 0 Å². The van der Waals surface area contributed by atoms with Gasteiger partial charge in [0.1, 0.15) is 0 Å². The summed E-state index contributed by atoms with van der Waals surface area (Å²) in [5.41, 5.74) is 1.52. The normalized spacial score (nSPS) is 16.5. The van der Waals surface area contributed by atoms with Gasteiger partial charge < -0.3 is 10.1 Å². The highest BCUT2D eigenvalue weighted by Gasteiger charge is 2.16. The van der Waals surface area contributed by atoms with E-state index in [9.17, 15) is 4.79 Å². The van der Waals surface area contributed by atoms with Crippen molar-refractivity contribution in [1.29, 1.82) is 0 Å². The Morgan fingerprint density at radius 2 is 1.94 bits per heavy atom. The van der Waals surface area contributed by atoms with E-state index in [-0.39, 0.29) is 5.97 Å². The first-order chi connectivity index (χ1) is 8.31. The Balaban J connectivity index is 2.11. The average molecular weight is 233 g/mol. The van der Waals surface area contributed by atoms with Crippen molar-refractivity contribution in [2.24, 2.45) is 0 Å². The van der Waals surface area contributed by atoms with E-state index in [4.69, 9.17) is 4.74 Å². The lowest BCUT2D eigenvalue weighted by Crippen LogP contribution is -2.23. The van der Waals surface area contributed by atoms with Gasteiger partial charge in [-0.3, -0.25) is 0 Å². The van der Waals surface area contributed by atoms with Crippen LogP contribution >= 0.6 is 0 Å². The van der Waals surface area contributed by atoms with Crippen molar-refractivity contribution in [1.82, 2.24) is 0 Å². The number of nitrogens with one attached hydrogen (secondary N) is 1. The molecule has 1 fully saturated rings. The number of carbonyl (C=O) groups excluding carboxylic acids is 1.